The smallest absolute Gasteiger partial charge is 0.408 e. The lowest BCUT2D eigenvalue weighted by molar-refractivity contribution is -0.140. The van der Waals surface area contributed by atoms with E-state index in [1.54, 1.807) is 20.8 Å². The number of nitrogens with one attached hydrogen (secondary N) is 2. The maximum atomic E-state index is 11.7. The Morgan fingerprint density at radius 2 is 1.74 bits per heavy atom. The van der Waals surface area contributed by atoms with Crippen LogP contribution in [0.5, 0.6) is 0 Å². The molecule has 172 valence electrons. The predicted octanol–water partition coefficient (Wildman–Crippen LogP) is 3.13. The number of ether oxygens (including phenoxy) is 1. The summed E-state index contributed by atoms with van der Waals surface area (Å²) in [6.45, 7) is 9.06. The van der Waals surface area contributed by atoms with Crippen LogP contribution >= 0.6 is 0 Å². The molecule has 0 fully saturated rings. The van der Waals surface area contributed by atoms with E-state index in [0.29, 0.717) is 12.3 Å². The fourth-order valence-corrected chi connectivity index (χ4v) is 2.72. The highest BCUT2D eigenvalue weighted by Gasteiger charge is 2.24. The Hall–Kier alpha value is -3.07. The van der Waals surface area contributed by atoms with Crippen molar-refractivity contribution in [2.75, 3.05) is 0 Å². The zero-order chi connectivity index (χ0) is 23.8. The molecule has 0 aliphatic heterocycles. The summed E-state index contributed by atoms with van der Waals surface area (Å²) in [7, 11) is 0. The normalized spacial score (nSPS) is 13.1. The number of rotatable bonds is 7. The van der Waals surface area contributed by atoms with Crippen molar-refractivity contribution >= 4 is 28.9 Å². The molecule has 31 heavy (non-hydrogen) atoms. The molecule has 6 N–H and O–H groups in total. The van der Waals surface area contributed by atoms with Crippen LogP contribution in [-0.2, 0) is 20.7 Å². The van der Waals surface area contributed by atoms with E-state index in [2.05, 4.69) is 10.3 Å². The van der Waals surface area contributed by atoms with Crippen LogP contribution < -0.4 is 11.1 Å². The molecule has 0 bridgehead atoms. The van der Waals surface area contributed by atoms with Gasteiger partial charge in [0.1, 0.15) is 17.7 Å². The lowest BCUT2D eigenvalue weighted by atomic mass is 10.1. The average molecular weight is 436 g/mol. The Labute approximate surface area is 182 Å². The Morgan fingerprint density at radius 1 is 1.13 bits per heavy atom. The number of carbonyl (C=O) groups excluding carboxylic acids is 1. The molecule has 1 amide bonds. The van der Waals surface area contributed by atoms with Crippen LogP contribution in [0.4, 0.5) is 4.79 Å². The van der Waals surface area contributed by atoms with Crippen molar-refractivity contribution in [2.24, 2.45) is 11.7 Å². The highest BCUT2D eigenvalue weighted by molar-refractivity contribution is 5.82. The van der Waals surface area contributed by atoms with Gasteiger partial charge < -0.3 is 31.0 Å². The van der Waals surface area contributed by atoms with Gasteiger partial charge in [-0.2, -0.15) is 0 Å². The van der Waals surface area contributed by atoms with Crippen LogP contribution in [-0.4, -0.2) is 50.9 Å². The number of benzene rings is 1. The number of aromatic nitrogens is 1. The highest BCUT2D eigenvalue weighted by atomic mass is 16.6. The molecule has 9 heteroatoms. The molecule has 1 heterocycles. The molecular weight excluding hydrogens is 402 g/mol. The molecule has 0 unspecified atom stereocenters. The summed E-state index contributed by atoms with van der Waals surface area (Å²) in [6.07, 6.45) is -0.0329. The molecule has 2 aromatic rings. The first-order valence-electron chi connectivity index (χ1n) is 10.1. The predicted molar refractivity (Wildman–Crippen MR) is 118 cm³/mol. The van der Waals surface area contributed by atoms with E-state index < -0.39 is 35.7 Å². The van der Waals surface area contributed by atoms with Gasteiger partial charge in [-0.15, -0.1) is 0 Å². The molecule has 0 radical (unpaired) electrons. The molecule has 0 saturated carbocycles. The standard InChI is InChI=1S/C16H20N2O4.C6H13NO2/c1-16(2,3)22-15(21)18-13(14(19)20)9-11-8-10-6-4-5-7-12(10)17-11;1-4(2)3-5(7)6(8)9/h4-8,13,17H,9H2,1-3H3,(H,18,21)(H,19,20);4-5H,3,7H2,1-2H3,(H,8,9)/t13-;5-/m00/s1. The molecule has 1 aromatic heterocycles. The van der Waals surface area contributed by atoms with Crippen molar-refractivity contribution in [3.8, 4) is 0 Å². The van der Waals surface area contributed by atoms with Crippen molar-refractivity contribution in [1.29, 1.82) is 0 Å². The summed E-state index contributed by atoms with van der Waals surface area (Å²) in [5.74, 6) is -1.66. The van der Waals surface area contributed by atoms with Crippen molar-refractivity contribution in [3.63, 3.8) is 0 Å². The lowest BCUT2D eigenvalue weighted by Gasteiger charge is -2.21. The minimum atomic E-state index is -1.11. The molecule has 0 spiro atoms. The second-order valence-electron chi connectivity index (χ2n) is 8.70. The quantitative estimate of drug-likeness (QED) is 0.447. The van der Waals surface area contributed by atoms with E-state index in [1.807, 2.05) is 44.2 Å². The molecule has 0 saturated heterocycles. The Bertz CT molecular complexity index is 852. The third kappa shape index (κ3) is 9.99. The summed E-state index contributed by atoms with van der Waals surface area (Å²) < 4.78 is 5.09. The van der Waals surface area contributed by atoms with Gasteiger partial charge >= 0.3 is 18.0 Å². The third-order valence-corrected chi connectivity index (χ3v) is 4.04. The van der Waals surface area contributed by atoms with Crippen LogP contribution in [0, 0.1) is 5.92 Å². The zero-order valence-corrected chi connectivity index (χ0v) is 18.6. The zero-order valence-electron chi connectivity index (χ0n) is 18.6. The van der Waals surface area contributed by atoms with Crippen LogP contribution in [0.25, 0.3) is 10.9 Å². The Morgan fingerprint density at radius 3 is 2.19 bits per heavy atom. The van der Waals surface area contributed by atoms with Crippen molar-refractivity contribution in [2.45, 2.75) is 65.1 Å². The van der Waals surface area contributed by atoms with Crippen LogP contribution in [0.2, 0.25) is 0 Å². The van der Waals surface area contributed by atoms with Crippen molar-refractivity contribution < 1.29 is 29.3 Å². The Kier molecular flexibility index (Phi) is 9.51. The number of H-pyrrole nitrogens is 1. The van der Waals surface area contributed by atoms with Crippen LogP contribution in [0.15, 0.2) is 30.3 Å². The number of carboxylic acids is 2. The number of hydrogen-bond donors (Lipinski definition) is 5. The first kappa shape index (κ1) is 26.0. The summed E-state index contributed by atoms with van der Waals surface area (Å²) in [5, 5.41) is 21.0. The molecular formula is C22H33N3O6. The number of aliphatic carboxylic acids is 2. The number of alkyl carbamates (subject to hydrolysis) is 1. The van der Waals surface area contributed by atoms with Gasteiger partial charge in [-0.05, 0) is 50.6 Å². The summed E-state index contributed by atoms with van der Waals surface area (Å²) >= 11 is 0. The molecule has 1 aromatic carbocycles. The van der Waals surface area contributed by atoms with Crippen molar-refractivity contribution in [3.05, 3.63) is 36.0 Å². The number of carbonyl (C=O) groups is 3. The van der Waals surface area contributed by atoms with Gasteiger partial charge in [0.15, 0.2) is 0 Å². The third-order valence-electron chi connectivity index (χ3n) is 4.04. The number of aromatic amines is 1. The maximum absolute atomic E-state index is 11.7. The second kappa shape index (κ2) is 11.4. The molecule has 2 rings (SSSR count). The maximum Gasteiger partial charge on any atom is 0.408 e. The first-order chi connectivity index (χ1) is 14.3. The minimum Gasteiger partial charge on any atom is -0.480 e. The number of hydrogen-bond acceptors (Lipinski definition) is 5. The fraction of sp³-hybridized carbons (Fsp3) is 0.500. The van der Waals surface area contributed by atoms with E-state index in [1.165, 1.54) is 0 Å². The average Bonchev–Trinajstić information content (AvgIpc) is 3.01. The van der Waals surface area contributed by atoms with Crippen molar-refractivity contribution in [1.82, 2.24) is 10.3 Å². The fourth-order valence-electron chi connectivity index (χ4n) is 2.72. The van der Waals surface area contributed by atoms with Gasteiger partial charge in [-0.3, -0.25) is 4.79 Å². The van der Waals surface area contributed by atoms with E-state index in [4.69, 9.17) is 15.6 Å². The number of amides is 1. The Balaban J connectivity index is 0.000000452. The second-order valence-corrected chi connectivity index (χ2v) is 8.70. The van der Waals surface area contributed by atoms with Gasteiger partial charge in [0.25, 0.3) is 0 Å². The minimum absolute atomic E-state index is 0.156. The van der Waals surface area contributed by atoms with Crippen LogP contribution in [0.1, 0.15) is 46.7 Å². The molecule has 0 aliphatic rings. The molecule has 2 atom stereocenters. The number of nitrogens with two attached hydrogens (primary N) is 1. The van der Waals surface area contributed by atoms with E-state index >= 15 is 0 Å². The lowest BCUT2D eigenvalue weighted by Crippen LogP contribution is -2.44. The van der Waals surface area contributed by atoms with Gasteiger partial charge in [0.2, 0.25) is 0 Å². The first-order valence-corrected chi connectivity index (χ1v) is 10.1. The van der Waals surface area contributed by atoms with Gasteiger partial charge in [0.05, 0.1) is 0 Å². The highest BCUT2D eigenvalue weighted by Crippen LogP contribution is 2.16. The summed E-state index contributed by atoms with van der Waals surface area (Å²) in [4.78, 5) is 36.3. The van der Waals surface area contributed by atoms with Crippen LogP contribution in [0.3, 0.4) is 0 Å². The number of para-hydroxylation sites is 1. The summed E-state index contributed by atoms with van der Waals surface area (Å²) in [6, 6.07) is 7.79. The summed E-state index contributed by atoms with van der Waals surface area (Å²) in [5.41, 5.74) is 6.22. The monoisotopic (exact) mass is 435 g/mol. The van der Waals surface area contributed by atoms with Gasteiger partial charge in [-0.1, -0.05) is 32.0 Å². The van der Waals surface area contributed by atoms with Gasteiger partial charge in [0, 0.05) is 17.6 Å². The van der Waals surface area contributed by atoms with Gasteiger partial charge in [-0.25, -0.2) is 9.59 Å². The number of carboxylic acid groups (broad SMARTS) is 2. The van der Waals surface area contributed by atoms with E-state index in [9.17, 15) is 19.5 Å². The molecule has 9 nitrogen and oxygen atoms in total. The largest absolute Gasteiger partial charge is 0.480 e. The van der Waals surface area contributed by atoms with E-state index in [-0.39, 0.29) is 6.42 Å². The number of fused-ring (bicyclic) bond motifs is 1. The molecule has 0 aliphatic carbocycles. The van der Waals surface area contributed by atoms with E-state index in [0.717, 1.165) is 16.6 Å². The topological polar surface area (TPSA) is 155 Å². The SMILES string of the molecule is CC(C)(C)OC(=O)N[C@@H](Cc1cc2ccccc2[nH]1)C(=O)O.CC(C)C[C@H](N)C(=O)O.